The third-order valence-electron chi connectivity index (χ3n) is 7.39. The fourth-order valence-electron chi connectivity index (χ4n) is 4.97. The lowest BCUT2D eigenvalue weighted by molar-refractivity contribution is -0.126. The molecule has 4 aromatic rings. The van der Waals surface area contributed by atoms with Crippen LogP contribution in [0.3, 0.4) is 0 Å². The van der Waals surface area contributed by atoms with Crippen molar-refractivity contribution < 1.29 is 23.8 Å². The largest absolute Gasteiger partial charge is 0.496 e. The molecule has 0 radical (unpaired) electrons. The fourth-order valence-corrected chi connectivity index (χ4v) is 4.97. The molecular formula is C34H39FN4O4. The number of nitrogens with one attached hydrogen (secondary N) is 2. The Morgan fingerprint density at radius 1 is 0.977 bits per heavy atom. The molecule has 2 amide bonds. The second-order valence-corrected chi connectivity index (χ2v) is 11.3. The van der Waals surface area contributed by atoms with E-state index in [1.165, 1.54) is 20.0 Å². The minimum atomic E-state index is -1.49. The number of methoxy groups -OCH3 is 1. The van der Waals surface area contributed by atoms with Crippen molar-refractivity contribution in [2.45, 2.75) is 63.9 Å². The van der Waals surface area contributed by atoms with Gasteiger partial charge in [-0.25, -0.2) is 9.37 Å². The second-order valence-electron chi connectivity index (χ2n) is 11.3. The molecular weight excluding hydrogens is 547 g/mol. The molecule has 0 bridgehead atoms. The van der Waals surface area contributed by atoms with E-state index in [-0.39, 0.29) is 37.4 Å². The topological polar surface area (TPSA) is 113 Å². The predicted molar refractivity (Wildman–Crippen MR) is 164 cm³/mol. The Balaban J connectivity index is 1.53. The summed E-state index contributed by atoms with van der Waals surface area (Å²) >= 11 is 0. The minimum Gasteiger partial charge on any atom is -0.496 e. The van der Waals surface area contributed by atoms with Crippen LogP contribution in [0.15, 0.2) is 85.1 Å². The third kappa shape index (κ3) is 9.31. The zero-order valence-electron chi connectivity index (χ0n) is 24.8. The SMILES string of the molecule is COc1ccccc1CNC(=O)[C@H](CCC(C)(C)F)C[C@H](O)[C@H](Cc1ccccc1)NC(=O)c1cnc2ccccc2n1. The number of carbonyl (C=O) groups is 2. The van der Waals surface area contributed by atoms with Gasteiger partial charge in [-0.15, -0.1) is 0 Å². The first-order valence-electron chi connectivity index (χ1n) is 14.5. The number of aliphatic hydroxyl groups is 1. The smallest absolute Gasteiger partial charge is 0.271 e. The van der Waals surface area contributed by atoms with Crippen molar-refractivity contribution in [1.29, 1.82) is 0 Å². The average molecular weight is 587 g/mol. The van der Waals surface area contributed by atoms with E-state index in [4.69, 9.17) is 4.74 Å². The van der Waals surface area contributed by atoms with Crippen LogP contribution in [0.1, 0.15) is 54.7 Å². The maximum Gasteiger partial charge on any atom is 0.271 e. The van der Waals surface area contributed by atoms with E-state index in [2.05, 4.69) is 20.6 Å². The number of benzene rings is 3. The second kappa shape index (κ2) is 14.7. The van der Waals surface area contributed by atoms with Gasteiger partial charge in [-0.05, 0) is 63.3 Å². The highest BCUT2D eigenvalue weighted by Crippen LogP contribution is 2.25. The highest BCUT2D eigenvalue weighted by atomic mass is 19.1. The van der Waals surface area contributed by atoms with Gasteiger partial charge in [-0.1, -0.05) is 60.7 Å². The molecule has 0 saturated heterocycles. The molecule has 3 N–H and O–H groups in total. The van der Waals surface area contributed by atoms with Gasteiger partial charge in [-0.3, -0.25) is 14.6 Å². The number of nitrogens with zero attached hydrogens (tertiary/aromatic N) is 2. The van der Waals surface area contributed by atoms with Crippen molar-refractivity contribution in [1.82, 2.24) is 20.6 Å². The van der Waals surface area contributed by atoms with Crippen LogP contribution in [0.25, 0.3) is 11.0 Å². The molecule has 0 aliphatic carbocycles. The zero-order chi connectivity index (χ0) is 30.8. The van der Waals surface area contributed by atoms with Gasteiger partial charge in [0, 0.05) is 18.0 Å². The predicted octanol–water partition coefficient (Wildman–Crippen LogP) is 5.19. The lowest BCUT2D eigenvalue weighted by atomic mass is 9.87. The van der Waals surface area contributed by atoms with Gasteiger partial charge in [0.1, 0.15) is 17.1 Å². The number of fused-ring (bicyclic) bond motifs is 1. The van der Waals surface area contributed by atoms with E-state index in [9.17, 15) is 19.1 Å². The number of carbonyl (C=O) groups excluding carboxylic acids is 2. The number of rotatable bonds is 14. The highest BCUT2D eigenvalue weighted by Gasteiger charge is 2.30. The molecule has 4 rings (SSSR count). The Labute approximate surface area is 251 Å². The van der Waals surface area contributed by atoms with Crippen LogP contribution in [-0.2, 0) is 17.8 Å². The maximum absolute atomic E-state index is 14.5. The molecule has 0 aliphatic rings. The van der Waals surface area contributed by atoms with E-state index < -0.39 is 29.6 Å². The Bertz CT molecular complexity index is 1510. The van der Waals surface area contributed by atoms with Gasteiger partial charge >= 0.3 is 0 Å². The van der Waals surface area contributed by atoms with Gasteiger partial charge in [0.2, 0.25) is 5.91 Å². The Kier molecular flexibility index (Phi) is 10.8. The molecule has 0 unspecified atom stereocenters. The number of para-hydroxylation sites is 3. The molecule has 8 nitrogen and oxygen atoms in total. The van der Waals surface area contributed by atoms with E-state index >= 15 is 0 Å². The molecule has 3 atom stereocenters. The van der Waals surface area contributed by atoms with Gasteiger partial charge in [0.05, 0.1) is 36.5 Å². The summed E-state index contributed by atoms with van der Waals surface area (Å²) in [6.45, 7) is 3.16. The molecule has 1 heterocycles. The molecule has 3 aromatic carbocycles. The van der Waals surface area contributed by atoms with Gasteiger partial charge in [0.15, 0.2) is 0 Å². The van der Waals surface area contributed by atoms with Gasteiger partial charge < -0.3 is 20.5 Å². The fraction of sp³-hybridized carbons (Fsp3) is 0.353. The van der Waals surface area contributed by atoms with Crippen molar-refractivity contribution in [2.75, 3.05) is 7.11 Å². The molecule has 0 saturated carbocycles. The summed E-state index contributed by atoms with van der Waals surface area (Å²) in [5.41, 5.74) is 1.58. The Hall–Kier alpha value is -4.37. The molecule has 0 aliphatic heterocycles. The molecule has 0 spiro atoms. The number of aliphatic hydroxyl groups excluding tert-OH is 1. The first-order chi connectivity index (χ1) is 20.6. The summed E-state index contributed by atoms with van der Waals surface area (Å²) in [6.07, 6.45) is 0.993. The van der Waals surface area contributed by atoms with E-state index in [0.29, 0.717) is 23.2 Å². The van der Waals surface area contributed by atoms with Crippen LogP contribution in [0.2, 0.25) is 0 Å². The van der Waals surface area contributed by atoms with E-state index in [0.717, 1.165) is 11.1 Å². The lowest BCUT2D eigenvalue weighted by Crippen LogP contribution is -2.47. The zero-order valence-corrected chi connectivity index (χ0v) is 24.8. The van der Waals surface area contributed by atoms with E-state index in [1.54, 1.807) is 13.2 Å². The summed E-state index contributed by atoms with van der Waals surface area (Å²) in [5, 5.41) is 17.4. The highest BCUT2D eigenvalue weighted by molar-refractivity contribution is 5.94. The van der Waals surface area contributed by atoms with Crippen molar-refractivity contribution >= 4 is 22.8 Å². The number of aromatic nitrogens is 2. The van der Waals surface area contributed by atoms with Crippen molar-refractivity contribution in [3.63, 3.8) is 0 Å². The first kappa shape index (κ1) is 31.6. The number of alkyl halides is 1. The van der Waals surface area contributed by atoms with Crippen LogP contribution in [0, 0.1) is 5.92 Å². The van der Waals surface area contributed by atoms with Crippen LogP contribution >= 0.6 is 0 Å². The van der Waals surface area contributed by atoms with Crippen molar-refractivity contribution in [2.24, 2.45) is 5.92 Å². The maximum atomic E-state index is 14.5. The summed E-state index contributed by atoms with van der Waals surface area (Å²) in [6, 6.07) is 23.3. The molecule has 0 fully saturated rings. The summed E-state index contributed by atoms with van der Waals surface area (Å²) < 4.78 is 19.9. The third-order valence-corrected chi connectivity index (χ3v) is 7.39. The van der Waals surface area contributed by atoms with Crippen molar-refractivity contribution in [3.8, 4) is 5.75 Å². The molecule has 9 heteroatoms. The Morgan fingerprint density at radius 2 is 1.65 bits per heavy atom. The molecule has 1 aromatic heterocycles. The lowest BCUT2D eigenvalue weighted by Gasteiger charge is -2.28. The van der Waals surface area contributed by atoms with Crippen LogP contribution in [0.5, 0.6) is 5.75 Å². The first-order valence-corrected chi connectivity index (χ1v) is 14.5. The standard InChI is InChI=1S/C34H39FN4O4/c1-34(2,35)18-17-24(32(41)37-21-25-13-7-10-16-31(25)43-3)20-30(40)28(19-23-11-5-4-6-12-23)39-33(42)29-22-36-26-14-8-9-15-27(26)38-29/h4-16,22,24,28,30,40H,17-21H2,1-3H3,(H,37,41)(H,39,42)/t24-,28+,30+/m1/s1. The number of halogens is 1. The summed E-state index contributed by atoms with van der Waals surface area (Å²) in [7, 11) is 1.56. The quantitative estimate of drug-likeness (QED) is 0.187. The Morgan fingerprint density at radius 3 is 2.37 bits per heavy atom. The van der Waals surface area contributed by atoms with Crippen LogP contribution in [-0.4, -0.2) is 51.8 Å². The molecule has 226 valence electrons. The summed E-state index contributed by atoms with van der Waals surface area (Å²) in [5.74, 6) is -0.846. The van der Waals surface area contributed by atoms with Crippen LogP contribution < -0.4 is 15.4 Å². The number of ether oxygens (including phenoxy) is 1. The van der Waals surface area contributed by atoms with E-state index in [1.807, 2.05) is 72.8 Å². The van der Waals surface area contributed by atoms with Gasteiger partial charge in [-0.2, -0.15) is 0 Å². The summed E-state index contributed by atoms with van der Waals surface area (Å²) in [4.78, 5) is 35.5. The monoisotopic (exact) mass is 586 g/mol. The number of amides is 2. The average Bonchev–Trinajstić information content (AvgIpc) is 3.01. The molecule has 43 heavy (non-hydrogen) atoms. The normalized spacial score (nSPS) is 13.6. The van der Waals surface area contributed by atoms with Crippen LogP contribution in [0.4, 0.5) is 4.39 Å². The minimum absolute atomic E-state index is 0.0228. The van der Waals surface area contributed by atoms with Gasteiger partial charge in [0.25, 0.3) is 5.91 Å². The number of hydrogen-bond donors (Lipinski definition) is 3. The number of hydrogen-bond acceptors (Lipinski definition) is 6. The van der Waals surface area contributed by atoms with Crippen molar-refractivity contribution in [3.05, 3.63) is 102 Å².